The molecule has 5 rings (SSSR count). The SMILES string of the molecule is C(=N\Nc1nc2ccccc2n2ccnc12)/c1ccc2ccccc2n1. The Morgan fingerprint density at radius 2 is 1.73 bits per heavy atom. The van der Waals surface area contributed by atoms with Gasteiger partial charge in [-0.25, -0.2) is 15.0 Å². The van der Waals surface area contributed by atoms with Gasteiger partial charge in [-0.3, -0.25) is 9.83 Å². The van der Waals surface area contributed by atoms with Crippen molar-refractivity contribution < 1.29 is 0 Å². The van der Waals surface area contributed by atoms with Gasteiger partial charge in [0.1, 0.15) is 0 Å². The number of para-hydroxylation sites is 3. The standard InChI is InChI=1S/C20H14N6/c1-2-6-16-14(5-1)9-10-15(23-16)13-22-25-19-20-21-11-12-26(20)18-8-4-3-7-17(18)24-19/h1-13H,(H,24,25)/b22-13+. The third-order valence-corrected chi connectivity index (χ3v) is 4.21. The van der Waals surface area contributed by atoms with Crippen molar-refractivity contribution in [3.05, 3.63) is 78.8 Å². The van der Waals surface area contributed by atoms with Crippen LogP contribution in [0.3, 0.4) is 0 Å². The second kappa shape index (κ2) is 5.93. The van der Waals surface area contributed by atoms with E-state index in [-0.39, 0.29) is 0 Å². The average Bonchev–Trinajstić information content (AvgIpc) is 3.18. The lowest BCUT2D eigenvalue weighted by molar-refractivity contribution is 1.18. The lowest BCUT2D eigenvalue weighted by Gasteiger charge is -2.06. The highest BCUT2D eigenvalue weighted by atomic mass is 15.3. The third-order valence-electron chi connectivity index (χ3n) is 4.21. The van der Waals surface area contributed by atoms with E-state index in [1.807, 2.05) is 71.3 Å². The fraction of sp³-hybridized carbons (Fsp3) is 0. The number of pyridine rings is 1. The maximum absolute atomic E-state index is 4.63. The van der Waals surface area contributed by atoms with Gasteiger partial charge in [-0.05, 0) is 24.3 Å². The molecule has 5 aromatic rings. The molecule has 0 aliphatic rings. The van der Waals surface area contributed by atoms with E-state index in [2.05, 4.69) is 25.5 Å². The van der Waals surface area contributed by atoms with Crippen LogP contribution in [0.25, 0.3) is 27.6 Å². The van der Waals surface area contributed by atoms with Gasteiger partial charge in [0.25, 0.3) is 0 Å². The number of imidazole rings is 1. The quantitative estimate of drug-likeness (QED) is 0.400. The molecule has 0 amide bonds. The Kier molecular flexibility index (Phi) is 3.31. The summed E-state index contributed by atoms with van der Waals surface area (Å²) in [5.74, 6) is 0.603. The van der Waals surface area contributed by atoms with Crippen LogP contribution in [0.1, 0.15) is 5.69 Å². The number of fused-ring (bicyclic) bond motifs is 4. The predicted octanol–water partition coefficient (Wildman–Crippen LogP) is 3.88. The van der Waals surface area contributed by atoms with Crippen molar-refractivity contribution >= 4 is 39.6 Å². The smallest absolute Gasteiger partial charge is 0.191 e. The van der Waals surface area contributed by atoms with E-state index in [0.29, 0.717) is 5.82 Å². The Bertz CT molecular complexity index is 1270. The number of nitrogens with zero attached hydrogens (tertiary/aromatic N) is 5. The molecule has 3 aromatic heterocycles. The molecule has 6 heteroatoms. The summed E-state index contributed by atoms with van der Waals surface area (Å²) in [6.07, 6.45) is 5.35. The van der Waals surface area contributed by atoms with Crippen molar-refractivity contribution in [1.82, 2.24) is 19.4 Å². The Morgan fingerprint density at radius 3 is 2.69 bits per heavy atom. The minimum Gasteiger partial charge on any atom is -0.295 e. The number of benzene rings is 2. The number of rotatable bonds is 3. The average molecular weight is 338 g/mol. The summed E-state index contributed by atoms with van der Waals surface area (Å²) in [4.78, 5) is 13.6. The molecule has 0 atom stereocenters. The van der Waals surface area contributed by atoms with Crippen LogP contribution >= 0.6 is 0 Å². The molecular weight excluding hydrogens is 324 g/mol. The molecule has 3 heterocycles. The molecule has 0 unspecified atom stereocenters. The third kappa shape index (κ3) is 2.44. The summed E-state index contributed by atoms with van der Waals surface area (Å²) in [6, 6.07) is 19.9. The number of hydrogen-bond acceptors (Lipinski definition) is 5. The minimum absolute atomic E-state index is 0.603. The van der Waals surface area contributed by atoms with Gasteiger partial charge in [-0.1, -0.05) is 36.4 Å². The second-order valence-corrected chi connectivity index (χ2v) is 5.87. The first-order valence-corrected chi connectivity index (χ1v) is 8.25. The van der Waals surface area contributed by atoms with E-state index in [0.717, 1.165) is 33.3 Å². The maximum atomic E-state index is 4.63. The largest absolute Gasteiger partial charge is 0.295 e. The van der Waals surface area contributed by atoms with Crippen molar-refractivity contribution in [1.29, 1.82) is 0 Å². The zero-order valence-corrected chi connectivity index (χ0v) is 13.7. The predicted molar refractivity (Wildman–Crippen MR) is 103 cm³/mol. The molecule has 0 saturated carbocycles. The van der Waals surface area contributed by atoms with Gasteiger partial charge in [0, 0.05) is 17.8 Å². The summed E-state index contributed by atoms with van der Waals surface area (Å²) >= 11 is 0. The van der Waals surface area contributed by atoms with Crippen LogP contribution < -0.4 is 5.43 Å². The van der Waals surface area contributed by atoms with Gasteiger partial charge >= 0.3 is 0 Å². The lowest BCUT2D eigenvalue weighted by atomic mass is 10.2. The summed E-state index contributed by atoms with van der Waals surface area (Å²) in [7, 11) is 0. The zero-order chi connectivity index (χ0) is 17.3. The fourth-order valence-electron chi connectivity index (χ4n) is 2.99. The van der Waals surface area contributed by atoms with Gasteiger partial charge in [0.15, 0.2) is 11.5 Å². The van der Waals surface area contributed by atoms with Crippen molar-refractivity contribution in [2.45, 2.75) is 0 Å². The van der Waals surface area contributed by atoms with Crippen molar-refractivity contribution in [3.63, 3.8) is 0 Å². The van der Waals surface area contributed by atoms with Crippen LogP contribution in [0.2, 0.25) is 0 Å². The van der Waals surface area contributed by atoms with Gasteiger partial charge < -0.3 is 0 Å². The topological polar surface area (TPSA) is 67.5 Å². The van der Waals surface area contributed by atoms with E-state index in [1.165, 1.54) is 0 Å². The Hall–Kier alpha value is -3.80. The number of hydrogen-bond donors (Lipinski definition) is 1. The van der Waals surface area contributed by atoms with Gasteiger partial charge in [0.05, 0.1) is 28.5 Å². The van der Waals surface area contributed by atoms with E-state index >= 15 is 0 Å². The summed E-state index contributed by atoms with van der Waals surface area (Å²) in [6.45, 7) is 0. The fourth-order valence-corrected chi connectivity index (χ4v) is 2.99. The van der Waals surface area contributed by atoms with E-state index in [1.54, 1.807) is 12.4 Å². The summed E-state index contributed by atoms with van der Waals surface area (Å²) in [5, 5.41) is 5.41. The van der Waals surface area contributed by atoms with Crippen molar-refractivity contribution in [3.8, 4) is 0 Å². The van der Waals surface area contributed by atoms with Crippen LogP contribution in [-0.2, 0) is 0 Å². The van der Waals surface area contributed by atoms with Gasteiger partial charge in [0.2, 0.25) is 0 Å². The molecule has 0 aliphatic heterocycles. The molecular formula is C20H14N6. The van der Waals surface area contributed by atoms with E-state index < -0.39 is 0 Å². The molecule has 26 heavy (non-hydrogen) atoms. The molecule has 0 fully saturated rings. The number of anilines is 1. The molecule has 1 N–H and O–H groups in total. The van der Waals surface area contributed by atoms with Crippen LogP contribution in [0.15, 0.2) is 78.2 Å². The first kappa shape index (κ1) is 14.5. The maximum Gasteiger partial charge on any atom is 0.191 e. The zero-order valence-electron chi connectivity index (χ0n) is 13.7. The van der Waals surface area contributed by atoms with Crippen molar-refractivity contribution in [2.24, 2.45) is 5.10 Å². The molecule has 0 spiro atoms. The number of aromatic nitrogens is 4. The summed E-state index contributed by atoms with van der Waals surface area (Å²) in [5.41, 5.74) is 7.32. The molecule has 0 bridgehead atoms. The monoisotopic (exact) mass is 338 g/mol. The van der Waals surface area contributed by atoms with Crippen molar-refractivity contribution in [2.75, 3.05) is 5.43 Å². The van der Waals surface area contributed by atoms with E-state index in [4.69, 9.17) is 0 Å². The number of nitrogens with one attached hydrogen (secondary N) is 1. The Morgan fingerprint density at radius 1 is 0.885 bits per heavy atom. The molecule has 0 aliphatic carbocycles. The van der Waals surface area contributed by atoms with Crippen LogP contribution in [0.4, 0.5) is 5.82 Å². The lowest BCUT2D eigenvalue weighted by Crippen LogP contribution is -2.00. The Labute approximate surface area is 148 Å². The highest BCUT2D eigenvalue weighted by Gasteiger charge is 2.08. The van der Waals surface area contributed by atoms with Crippen LogP contribution in [0.5, 0.6) is 0 Å². The van der Waals surface area contributed by atoms with Crippen LogP contribution in [0, 0.1) is 0 Å². The first-order chi connectivity index (χ1) is 12.9. The number of hydrazone groups is 1. The molecule has 2 aromatic carbocycles. The molecule has 124 valence electrons. The van der Waals surface area contributed by atoms with E-state index in [9.17, 15) is 0 Å². The van der Waals surface area contributed by atoms with Crippen LogP contribution in [-0.4, -0.2) is 25.6 Å². The normalized spacial score (nSPS) is 11.7. The van der Waals surface area contributed by atoms with Gasteiger partial charge in [-0.2, -0.15) is 5.10 Å². The Balaban J connectivity index is 1.50. The first-order valence-electron chi connectivity index (χ1n) is 8.25. The molecule has 0 saturated heterocycles. The van der Waals surface area contributed by atoms with Gasteiger partial charge in [-0.15, -0.1) is 0 Å². The second-order valence-electron chi connectivity index (χ2n) is 5.87. The minimum atomic E-state index is 0.603. The highest BCUT2D eigenvalue weighted by Crippen LogP contribution is 2.20. The molecule has 6 nitrogen and oxygen atoms in total. The highest BCUT2D eigenvalue weighted by molar-refractivity contribution is 5.86. The summed E-state index contributed by atoms with van der Waals surface area (Å²) < 4.78 is 1.99. The molecule has 0 radical (unpaired) electrons.